The van der Waals surface area contributed by atoms with Crippen molar-refractivity contribution in [1.29, 1.82) is 5.26 Å². The summed E-state index contributed by atoms with van der Waals surface area (Å²) in [6.45, 7) is 2.89. The second kappa shape index (κ2) is 6.82. The molecule has 5 nitrogen and oxygen atoms in total. The van der Waals surface area contributed by atoms with Crippen LogP contribution in [0.2, 0.25) is 0 Å². The van der Waals surface area contributed by atoms with Crippen molar-refractivity contribution in [2.24, 2.45) is 7.05 Å². The van der Waals surface area contributed by atoms with E-state index in [-0.39, 0.29) is 5.56 Å². The number of hydrogen-bond donors (Lipinski definition) is 0. The molecule has 2 aromatic carbocycles. The van der Waals surface area contributed by atoms with E-state index < -0.39 is 5.82 Å². The number of pyridine rings is 1. The first-order valence-corrected chi connectivity index (χ1v) is 9.70. The Morgan fingerprint density at radius 2 is 1.87 bits per heavy atom. The number of nitriles is 1. The molecule has 0 fully saturated rings. The zero-order valence-corrected chi connectivity index (χ0v) is 16.6. The molecular formula is C24H18FN5. The molecule has 0 aliphatic rings. The van der Waals surface area contributed by atoms with Gasteiger partial charge in [0.05, 0.1) is 34.7 Å². The van der Waals surface area contributed by atoms with E-state index in [2.05, 4.69) is 22.7 Å². The third-order valence-corrected chi connectivity index (χ3v) is 5.57. The summed E-state index contributed by atoms with van der Waals surface area (Å²) in [7, 11) is 1.91. The van der Waals surface area contributed by atoms with Gasteiger partial charge in [-0.25, -0.2) is 4.39 Å². The molecule has 0 aliphatic heterocycles. The average molecular weight is 395 g/mol. The minimum atomic E-state index is -0.532. The summed E-state index contributed by atoms with van der Waals surface area (Å²) in [6, 6.07) is 14.7. The van der Waals surface area contributed by atoms with Crippen LogP contribution < -0.4 is 0 Å². The number of rotatable bonds is 3. The van der Waals surface area contributed by atoms with Crippen molar-refractivity contribution < 1.29 is 4.39 Å². The molecule has 146 valence electrons. The highest BCUT2D eigenvalue weighted by Crippen LogP contribution is 2.38. The van der Waals surface area contributed by atoms with Crippen LogP contribution in [-0.2, 0) is 13.6 Å². The second-order valence-electron chi connectivity index (χ2n) is 7.23. The van der Waals surface area contributed by atoms with Gasteiger partial charge in [0.1, 0.15) is 11.9 Å². The largest absolute Gasteiger partial charge is 0.346 e. The van der Waals surface area contributed by atoms with Crippen molar-refractivity contribution >= 4 is 21.8 Å². The lowest BCUT2D eigenvalue weighted by Gasteiger charge is -2.13. The van der Waals surface area contributed by atoms with Gasteiger partial charge in [-0.1, -0.05) is 12.1 Å². The first kappa shape index (κ1) is 18.1. The van der Waals surface area contributed by atoms with E-state index in [0.717, 1.165) is 45.2 Å². The fraction of sp³-hybridized carbons (Fsp3) is 0.125. The maximum Gasteiger partial charge on any atom is 0.141 e. The maximum atomic E-state index is 14.5. The van der Waals surface area contributed by atoms with Crippen LogP contribution in [0, 0.1) is 17.1 Å². The van der Waals surface area contributed by atoms with E-state index in [9.17, 15) is 4.39 Å². The molecule has 0 radical (unpaired) electrons. The Morgan fingerprint density at radius 1 is 1.03 bits per heavy atom. The topological polar surface area (TPSA) is 59.4 Å². The number of benzene rings is 2. The molecule has 0 N–H and O–H groups in total. The molecule has 0 spiro atoms. The van der Waals surface area contributed by atoms with Crippen molar-refractivity contribution in [2.75, 3.05) is 0 Å². The molecule has 6 heteroatoms. The van der Waals surface area contributed by atoms with Crippen LogP contribution in [0.4, 0.5) is 4.39 Å². The maximum absolute atomic E-state index is 14.5. The zero-order chi connectivity index (χ0) is 20.8. The summed E-state index contributed by atoms with van der Waals surface area (Å²) in [5.41, 5.74) is 5.30. The number of fused-ring (bicyclic) bond motifs is 2. The molecule has 5 aromatic rings. The van der Waals surface area contributed by atoms with Crippen LogP contribution in [0.5, 0.6) is 0 Å². The number of aryl methyl sites for hydroxylation is 2. The van der Waals surface area contributed by atoms with E-state index >= 15 is 0 Å². The van der Waals surface area contributed by atoms with E-state index in [1.807, 2.05) is 54.6 Å². The van der Waals surface area contributed by atoms with Crippen molar-refractivity contribution in [3.8, 4) is 28.5 Å². The summed E-state index contributed by atoms with van der Waals surface area (Å²) < 4.78 is 18.4. The molecular weight excluding hydrogens is 377 g/mol. The number of hydrogen-bond acceptors (Lipinski definition) is 3. The molecule has 3 heterocycles. The van der Waals surface area contributed by atoms with E-state index in [1.54, 1.807) is 6.07 Å². The fourth-order valence-electron chi connectivity index (χ4n) is 4.02. The van der Waals surface area contributed by atoms with Gasteiger partial charge in [-0.15, -0.1) is 0 Å². The lowest BCUT2D eigenvalue weighted by Crippen LogP contribution is -1.96. The lowest BCUT2D eigenvalue weighted by atomic mass is 9.95. The minimum Gasteiger partial charge on any atom is -0.346 e. The average Bonchev–Trinajstić information content (AvgIpc) is 3.36. The standard InChI is InChI=1S/C24H18FN5/c1-3-30-9-8-19-22(30)14-27-24(16-6-7-21-18(10-16)13-28-29(21)2)23(19)15-4-5-17(12-26)20(25)11-15/h4-11,13-14H,3H2,1-2H3. The lowest BCUT2D eigenvalue weighted by molar-refractivity contribution is 0.624. The number of halogens is 1. The Balaban J connectivity index is 1.82. The summed E-state index contributed by atoms with van der Waals surface area (Å²) in [6.07, 6.45) is 5.71. The van der Waals surface area contributed by atoms with Crippen molar-refractivity contribution in [3.63, 3.8) is 0 Å². The molecule has 30 heavy (non-hydrogen) atoms. The molecule has 0 bridgehead atoms. The Kier molecular flexibility index (Phi) is 4.11. The summed E-state index contributed by atoms with van der Waals surface area (Å²) in [5.74, 6) is -0.532. The van der Waals surface area contributed by atoms with E-state index in [4.69, 9.17) is 10.2 Å². The smallest absolute Gasteiger partial charge is 0.141 e. The van der Waals surface area contributed by atoms with Gasteiger partial charge in [-0.2, -0.15) is 10.4 Å². The van der Waals surface area contributed by atoms with Crippen LogP contribution in [0.15, 0.2) is 61.1 Å². The third-order valence-electron chi connectivity index (χ3n) is 5.57. The normalized spacial score (nSPS) is 11.3. The van der Waals surface area contributed by atoms with Crippen molar-refractivity contribution in [1.82, 2.24) is 19.3 Å². The van der Waals surface area contributed by atoms with Gasteiger partial charge in [0.15, 0.2) is 0 Å². The van der Waals surface area contributed by atoms with Crippen LogP contribution in [0.1, 0.15) is 12.5 Å². The zero-order valence-electron chi connectivity index (χ0n) is 16.6. The highest BCUT2D eigenvalue weighted by atomic mass is 19.1. The quantitative estimate of drug-likeness (QED) is 0.417. The fourth-order valence-corrected chi connectivity index (χ4v) is 4.02. The highest BCUT2D eigenvalue weighted by molar-refractivity contribution is 6.02. The molecule has 5 rings (SSSR count). The molecule has 0 saturated carbocycles. The Morgan fingerprint density at radius 3 is 2.63 bits per heavy atom. The minimum absolute atomic E-state index is 0.0309. The van der Waals surface area contributed by atoms with Gasteiger partial charge in [0, 0.05) is 41.7 Å². The number of nitrogens with zero attached hydrogens (tertiary/aromatic N) is 5. The van der Waals surface area contributed by atoms with E-state index in [1.165, 1.54) is 12.1 Å². The van der Waals surface area contributed by atoms with E-state index in [0.29, 0.717) is 5.56 Å². The third kappa shape index (κ3) is 2.67. The molecule has 0 amide bonds. The van der Waals surface area contributed by atoms with Gasteiger partial charge >= 0.3 is 0 Å². The second-order valence-corrected chi connectivity index (χ2v) is 7.23. The van der Waals surface area contributed by atoms with Gasteiger partial charge in [-0.05, 0) is 42.8 Å². The summed E-state index contributed by atoms with van der Waals surface area (Å²) in [4.78, 5) is 4.78. The summed E-state index contributed by atoms with van der Waals surface area (Å²) in [5, 5.41) is 15.4. The van der Waals surface area contributed by atoms with Crippen LogP contribution >= 0.6 is 0 Å². The van der Waals surface area contributed by atoms with Gasteiger partial charge in [0.25, 0.3) is 0 Å². The Bertz CT molecular complexity index is 1470. The van der Waals surface area contributed by atoms with Crippen LogP contribution in [-0.4, -0.2) is 19.3 Å². The summed E-state index contributed by atoms with van der Waals surface area (Å²) >= 11 is 0. The van der Waals surface area contributed by atoms with Crippen LogP contribution in [0.3, 0.4) is 0 Å². The molecule has 0 unspecified atom stereocenters. The first-order valence-electron chi connectivity index (χ1n) is 9.70. The van der Waals surface area contributed by atoms with Crippen molar-refractivity contribution in [3.05, 3.63) is 72.4 Å². The monoisotopic (exact) mass is 395 g/mol. The SMILES string of the molecule is CCn1ccc2c(-c3ccc(C#N)c(F)c3)c(-c3ccc4c(cnn4C)c3)ncc21. The predicted octanol–water partition coefficient (Wildman–Crippen LogP) is 5.29. The van der Waals surface area contributed by atoms with Gasteiger partial charge < -0.3 is 4.57 Å². The van der Waals surface area contributed by atoms with Gasteiger partial charge in [-0.3, -0.25) is 9.67 Å². The molecule has 0 atom stereocenters. The molecule has 3 aromatic heterocycles. The number of aromatic nitrogens is 4. The van der Waals surface area contributed by atoms with Crippen molar-refractivity contribution in [2.45, 2.75) is 13.5 Å². The molecule has 0 aliphatic carbocycles. The Hall–Kier alpha value is -3.98. The van der Waals surface area contributed by atoms with Crippen LogP contribution in [0.25, 0.3) is 44.2 Å². The highest BCUT2D eigenvalue weighted by Gasteiger charge is 2.17. The first-order chi connectivity index (χ1) is 14.6. The van der Waals surface area contributed by atoms with Gasteiger partial charge in [0.2, 0.25) is 0 Å². The predicted molar refractivity (Wildman–Crippen MR) is 115 cm³/mol. The Labute approximate surface area is 172 Å². The molecule has 0 saturated heterocycles.